The minimum Gasteiger partial charge on any atom is -0.467 e. The molecule has 0 aliphatic rings. The zero-order valence-corrected chi connectivity index (χ0v) is 11.7. The number of rotatable bonds is 6. The number of aliphatic hydroxyl groups is 1. The molecule has 0 saturated heterocycles. The predicted octanol–water partition coefficient (Wildman–Crippen LogP) is 3.30. The Balaban J connectivity index is 2.13. The molecular formula is C13H16ClNO2S. The lowest BCUT2D eigenvalue weighted by atomic mass is 10.1. The van der Waals surface area contributed by atoms with Crippen LogP contribution in [-0.2, 0) is 0 Å². The van der Waals surface area contributed by atoms with Gasteiger partial charge in [-0.05, 0) is 30.2 Å². The van der Waals surface area contributed by atoms with Gasteiger partial charge in [-0.15, -0.1) is 11.3 Å². The van der Waals surface area contributed by atoms with Crippen molar-refractivity contribution in [2.75, 3.05) is 13.2 Å². The molecule has 2 heterocycles. The molecule has 0 aromatic carbocycles. The topological polar surface area (TPSA) is 45.4 Å². The molecule has 2 atom stereocenters. The van der Waals surface area contributed by atoms with Gasteiger partial charge in [0.2, 0.25) is 0 Å². The van der Waals surface area contributed by atoms with Crippen LogP contribution in [0.25, 0.3) is 0 Å². The lowest BCUT2D eigenvalue weighted by Crippen LogP contribution is -2.27. The van der Waals surface area contributed by atoms with Crippen molar-refractivity contribution in [2.24, 2.45) is 5.92 Å². The Morgan fingerprint density at radius 3 is 2.83 bits per heavy atom. The van der Waals surface area contributed by atoms with E-state index in [1.165, 1.54) is 11.3 Å². The molecule has 2 unspecified atom stereocenters. The number of aliphatic hydroxyl groups excluding tert-OH is 1. The molecule has 2 N–H and O–H groups in total. The summed E-state index contributed by atoms with van der Waals surface area (Å²) < 4.78 is 6.23. The summed E-state index contributed by atoms with van der Waals surface area (Å²) in [6, 6.07) is 7.68. The molecule has 18 heavy (non-hydrogen) atoms. The van der Waals surface area contributed by atoms with Gasteiger partial charge in [-0.1, -0.05) is 18.5 Å². The largest absolute Gasteiger partial charge is 0.467 e. The van der Waals surface area contributed by atoms with Crippen LogP contribution in [0.15, 0.2) is 34.9 Å². The van der Waals surface area contributed by atoms with Crippen molar-refractivity contribution in [1.82, 2.24) is 5.32 Å². The van der Waals surface area contributed by atoms with E-state index in [1.807, 2.05) is 31.2 Å². The Bertz CT molecular complexity index is 469. The molecule has 98 valence electrons. The van der Waals surface area contributed by atoms with E-state index in [4.69, 9.17) is 21.1 Å². The van der Waals surface area contributed by atoms with E-state index in [9.17, 15) is 0 Å². The first-order valence-corrected chi connectivity index (χ1v) is 7.03. The van der Waals surface area contributed by atoms with E-state index in [0.717, 1.165) is 21.5 Å². The molecule has 0 radical (unpaired) electrons. The molecule has 0 spiro atoms. The molecule has 0 saturated carbocycles. The van der Waals surface area contributed by atoms with Gasteiger partial charge in [0.15, 0.2) is 0 Å². The van der Waals surface area contributed by atoms with E-state index in [1.54, 1.807) is 6.26 Å². The average molecular weight is 286 g/mol. The molecule has 0 fully saturated rings. The summed E-state index contributed by atoms with van der Waals surface area (Å²) in [5, 5.41) is 12.5. The first-order chi connectivity index (χ1) is 8.70. The van der Waals surface area contributed by atoms with Gasteiger partial charge in [-0.3, -0.25) is 0 Å². The number of nitrogens with one attached hydrogen (secondary N) is 1. The number of furan rings is 1. The summed E-state index contributed by atoms with van der Waals surface area (Å²) >= 11 is 7.51. The highest BCUT2D eigenvalue weighted by Crippen LogP contribution is 2.31. The molecule has 0 aliphatic heterocycles. The van der Waals surface area contributed by atoms with Crippen LogP contribution in [0.5, 0.6) is 0 Å². The minimum atomic E-state index is -0.00787. The van der Waals surface area contributed by atoms with E-state index in [0.29, 0.717) is 0 Å². The van der Waals surface area contributed by atoms with Crippen LogP contribution in [-0.4, -0.2) is 18.3 Å². The summed E-state index contributed by atoms with van der Waals surface area (Å²) in [6.45, 7) is 2.88. The fourth-order valence-electron chi connectivity index (χ4n) is 1.66. The second-order valence-corrected chi connectivity index (χ2v) is 6.03. The normalized spacial score (nSPS) is 14.6. The Kier molecular flexibility index (Phi) is 4.83. The fraction of sp³-hybridized carbons (Fsp3) is 0.385. The van der Waals surface area contributed by atoms with Crippen molar-refractivity contribution in [1.29, 1.82) is 0 Å². The van der Waals surface area contributed by atoms with Gasteiger partial charge in [-0.2, -0.15) is 0 Å². The van der Waals surface area contributed by atoms with E-state index >= 15 is 0 Å². The van der Waals surface area contributed by atoms with Crippen molar-refractivity contribution in [3.63, 3.8) is 0 Å². The quantitative estimate of drug-likeness (QED) is 0.856. The van der Waals surface area contributed by atoms with E-state index < -0.39 is 0 Å². The number of hydrogen-bond donors (Lipinski definition) is 2. The fourth-order valence-corrected chi connectivity index (χ4v) is 2.81. The van der Waals surface area contributed by atoms with Gasteiger partial charge in [0, 0.05) is 18.0 Å². The third-order valence-corrected chi connectivity index (χ3v) is 3.98. The van der Waals surface area contributed by atoms with Crippen LogP contribution >= 0.6 is 22.9 Å². The molecule has 0 aliphatic carbocycles. The highest BCUT2D eigenvalue weighted by atomic mass is 35.5. The first kappa shape index (κ1) is 13.6. The average Bonchev–Trinajstić information content (AvgIpc) is 3.01. The van der Waals surface area contributed by atoms with E-state index in [-0.39, 0.29) is 18.6 Å². The lowest BCUT2D eigenvalue weighted by molar-refractivity contribution is 0.230. The van der Waals surface area contributed by atoms with Crippen molar-refractivity contribution in [3.05, 3.63) is 45.5 Å². The maximum Gasteiger partial charge on any atom is 0.126 e. The first-order valence-electron chi connectivity index (χ1n) is 5.83. The Hall–Kier alpha value is -0.810. The standard InChI is InChI=1S/C13H16ClNO2S/c1-9(8-16)7-15-13(10-3-2-6-17-10)11-4-5-12(14)18-11/h2-6,9,13,15-16H,7-8H2,1H3. The van der Waals surface area contributed by atoms with Crippen molar-refractivity contribution < 1.29 is 9.52 Å². The molecule has 0 bridgehead atoms. The van der Waals surface area contributed by atoms with Crippen LogP contribution in [0, 0.1) is 5.92 Å². The Morgan fingerprint density at radius 1 is 1.44 bits per heavy atom. The summed E-state index contributed by atoms with van der Waals surface area (Å²) in [7, 11) is 0. The highest BCUT2D eigenvalue weighted by Gasteiger charge is 2.19. The predicted molar refractivity (Wildman–Crippen MR) is 74.1 cm³/mol. The molecule has 2 aromatic heterocycles. The van der Waals surface area contributed by atoms with Crippen LogP contribution in [0.1, 0.15) is 23.6 Å². The van der Waals surface area contributed by atoms with Gasteiger partial charge >= 0.3 is 0 Å². The smallest absolute Gasteiger partial charge is 0.126 e. The third kappa shape index (κ3) is 3.36. The molecular weight excluding hydrogens is 270 g/mol. The van der Waals surface area contributed by atoms with Gasteiger partial charge in [0.05, 0.1) is 10.6 Å². The van der Waals surface area contributed by atoms with Crippen LogP contribution in [0.4, 0.5) is 0 Å². The summed E-state index contributed by atoms with van der Waals surface area (Å²) in [5.41, 5.74) is 0. The second kappa shape index (κ2) is 6.38. The summed E-state index contributed by atoms with van der Waals surface area (Å²) in [5.74, 6) is 1.07. The van der Waals surface area contributed by atoms with Crippen LogP contribution in [0.3, 0.4) is 0 Å². The van der Waals surface area contributed by atoms with E-state index in [2.05, 4.69) is 5.32 Å². The Morgan fingerprint density at radius 2 is 2.28 bits per heavy atom. The van der Waals surface area contributed by atoms with Gasteiger partial charge in [0.1, 0.15) is 11.8 Å². The number of halogens is 1. The minimum absolute atomic E-state index is 0.00787. The Labute approximate surface area is 115 Å². The third-order valence-electron chi connectivity index (χ3n) is 2.69. The molecule has 3 nitrogen and oxygen atoms in total. The summed E-state index contributed by atoms with van der Waals surface area (Å²) in [4.78, 5) is 1.11. The number of thiophene rings is 1. The maximum absolute atomic E-state index is 9.07. The molecule has 2 rings (SSSR count). The summed E-state index contributed by atoms with van der Waals surface area (Å²) in [6.07, 6.45) is 1.66. The van der Waals surface area contributed by atoms with Crippen LogP contribution in [0.2, 0.25) is 4.34 Å². The highest BCUT2D eigenvalue weighted by molar-refractivity contribution is 7.16. The maximum atomic E-state index is 9.07. The lowest BCUT2D eigenvalue weighted by Gasteiger charge is -2.17. The molecule has 5 heteroatoms. The SMILES string of the molecule is CC(CO)CNC(c1ccco1)c1ccc(Cl)s1. The second-order valence-electron chi connectivity index (χ2n) is 4.29. The zero-order chi connectivity index (χ0) is 13.0. The van der Waals surface area contributed by atoms with Crippen molar-refractivity contribution >= 4 is 22.9 Å². The molecule has 2 aromatic rings. The van der Waals surface area contributed by atoms with Gasteiger partial charge in [0.25, 0.3) is 0 Å². The van der Waals surface area contributed by atoms with Crippen LogP contribution < -0.4 is 5.32 Å². The number of hydrogen-bond acceptors (Lipinski definition) is 4. The molecule has 0 amide bonds. The van der Waals surface area contributed by atoms with Gasteiger partial charge in [-0.25, -0.2) is 0 Å². The van der Waals surface area contributed by atoms with Crippen molar-refractivity contribution in [2.45, 2.75) is 13.0 Å². The zero-order valence-electron chi connectivity index (χ0n) is 10.1. The van der Waals surface area contributed by atoms with Gasteiger partial charge < -0.3 is 14.8 Å². The monoisotopic (exact) mass is 285 g/mol. The van der Waals surface area contributed by atoms with Crippen molar-refractivity contribution in [3.8, 4) is 0 Å².